The molecule has 0 amide bonds. The molecule has 0 heterocycles. The van der Waals surface area contributed by atoms with Crippen LogP contribution in [0.2, 0.25) is 0 Å². The van der Waals surface area contributed by atoms with Crippen LogP contribution in [0.25, 0.3) is 0 Å². The van der Waals surface area contributed by atoms with Gasteiger partial charge >= 0.3 is 11.9 Å². The van der Waals surface area contributed by atoms with Gasteiger partial charge in [0, 0.05) is 18.9 Å². The van der Waals surface area contributed by atoms with Crippen molar-refractivity contribution in [1.82, 2.24) is 0 Å². The summed E-state index contributed by atoms with van der Waals surface area (Å²) in [6.07, 6.45) is -0.943. The van der Waals surface area contributed by atoms with Gasteiger partial charge in [0.05, 0.1) is 0 Å². The number of carboxylic acid groups (broad SMARTS) is 2. The fraction of sp³-hybridized carbons (Fsp3) is 0.636. The van der Waals surface area contributed by atoms with Gasteiger partial charge in [-0.05, 0) is 13.8 Å². The highest BCUT2D eigenvalue weighted by Gasteiger charge is 2.40. The molecule has 0 spiro atoms. The molecule has 0 fully saturated rings. The molecule has 0 radical (unpaired) electrons. The molecule has 8 N–H and O–H groups in total. The Morgan fingerprint density at radius 3 is 1.35 bits per heavy atom. The van der Waals surface area contributed by atoms with Crippen LogP contribution in [-0.2, 0) is 19.2 Å². The fourth-order valence-corrected chi connectivity index (χ4v) is 1.21. The molecule has 9 heteroatoms. The van der Waals surface area contributed by atoms with Crippen molar-refractivity contribution in [2.75, 3.05) is 0 Å². The van der Waals surface area contributed by atoms with Gasteiger partial charge in [-0.1, -0.05) is 0 Å². The number of hydrogen-bond donors (Lipinski definition) is 5. The zero-order valence-electron chi connectivity index (χ0n) is 11.3. The number of carbonyl (C=O) groups is 4. The molecule has 0 rings (SSSR count). The van der Waals surface area contributed by atoms with Crippen LogP contribution in [-0.4, -0.2) is 50.8 Å². The molecule has 0 bridgehead atoms. The second-order valence-electron chi connectivity index (χ2n) is 5.03. The van der Waals surface area contributed by atoms with Crippen LogP contribution < -0.4 is 17.2 Å². The quantitative estimate of drug-likeness (QED) is 0.310. The minimum Gasteiger partial charge on any atom is -0.480 e. The highest BCUT2D eigenvalue weighted by atomic mass is 16.4. The van der Waals surface area contributed by atoms with Crippen LogP contribution in [0.15, 0.2) is 0 Å². The Bertz CT molecular complexity index is 403. The van der Waals surface area contributed by atoms with E-state index in [1.807, 2.05) is 0 Å². The Morgan fingerprint density at radius 2 is 1.15 bits per heavy atom. The van der Waals surface area contributed by atoms with Crippen LogP contribution in [0, 0.1) is 0 Å². The molecular formula is C11H19N3O6. The van der Waals surface area contributed by atoms with Crippen molar-refractivity contribution in [3.8, 4) is 0 Å². The van der Waals surface area contributed by atoms with Crippen LogP contribution in [0.1, 0.15) is 26.7 Å². The van der Waals surface area contributed by atoms with Crippen LogP contribution in [0.5, 0.6) is 0 Å². The maximum Gasteiger partial charge on any atom is 0.331 e. The van der Waals surface area contributed by atoms with E-state index in [1.54, 1.807) is 0 Å². The molecule has 0 aliphatic rings. The molecule has 0 aromatic carbocycles. The SMILES string of the molecule is C[C@](N)(C(=O)O)C(=O)CC(N)CC(=O)[C@@](C)(N)C(=O)O. The smallest absolute Gasteiger partial charge is 0.331 e. The summed E-state index contributed by atoms with van der Waals surface area (Å²) >= 11 is 0. The number of hydrogen-bond acceptors (Lipinski definition) is 7. The summed E-state index contributed by atoms with van der Waals surface area (Å²) in [4.78, 5) is 44.8. The van der Waals surface area contributed by atoms with Crippen molar-refractivity contribution < 1.29 is 29.4 Å². The Hall–Kier alpha value is -1.84. The molecule has 0 saturated carbocycles. The lowest BCUT2D eigenvalue weighted by Gasteiger charge is -2.22. The van der Waals surface area contributed by atoms with Gasteiger partial charge in [-0.25, -0.2) is 9.59 Å². The van der Waals surface area contributed by atoms with E-state index in [2.05, 4.69) is 0 Å². The minimum absolute atomic E-state index is 0.471. The van der Waals surface area contributed by atoms with Crippen molar-refractivity contribution in [3.05, 3.63) is 0 Å². The standard InChI is InChI=1S/C11H19N3O6/c1-10(13,8(17)18)6(15)3-5(12)4-7(16)11(2,14)9(19)20/h5H,3-4,12-14H2,1-2H3,(H,17,18)(H,19,20)/t10-,11-/m1/s1. The Balaban J connectivity index is 4.71. The molecule has 0 aliphatic heterocycles. The Labute approximate surface area is 115 Å². The van der Waals surface area contributed by atoms with E-state index in [9.17, 15) is 19.2 Å². The van der Waals surface area contributed by atoms with E-state index in [-0.39, 0.29) is 0 Å². The molecule has 114 valence electrons. The third-order valence-corrected chi connectivity index (χ3v) is 2.94. The van der Waals surface area contributed by atoms with Crippen LogP contribution in [0.3, 0.4) is 0 Å². The molecule has 2 atom stereocenters. The Morgan fingerprint density at radius 1 is 0.900 bits per heavy atom. The summed E-state index contributed by atoms with van der Waals surface area (Å²) in [7, 11) is 0. The largest absolute Gasteiger partial charge is 0.480 e. The molecule has 0 unspecified atom stereocenters. The highest BCUT2D eigenvalue weighted by molar-refractivity contribution is 6.09. The molecule has 0 saturated heterocycles. The van der Waals surface area contributed by atoms with Gasteiger partial charge < -0.3 is 27.4 Å². The lowest BCUT2D eigenvalue weighted by molar-refractivity contribution is -0.148. The van der Waals surface area contributed by atoms with E-state index in [1.165, 1.54) is 0 Å². The van der Waals surface area contributed by atoms with E-state index >= 15 is 0 Å². The Kier molecular flexibility index (Phi) is 5.52. The van der Waals surface area contributed by atoms with Gasteiger partial charge in [-0.15, -0.1) is 0 Å². The number of carboxylic acids is 2. The second-order valence-corrected chi connectivity index (χ2v) is 5.03. The summed E-state index contributed by atoms with van der Waals surface area (Å²) in [5.41, 5.74) is 11.9. The van der Waals surface area contributed by atoms with Crippen molar-refractivity contribution in [2.24, 2.45) is 17.2 Å². The first-order valence-electron chi connectivity index (χ1n) is 5.70. The third-order valence-electron chi connectivity index (χ3n) is 2.94. The zero-order valence-corrected chi connectivity index (χ0v) is 11.3. The van der Waals surface area contributed by atoms with Crippen molar-refractivity contribution in [1.29, 1.82) is 0 Å². The predicted octanol–water partition coefficient (Wildman–Crippen LogP) is -2.16. The lowest BCUT2D eigenvalue weighted by atomic mass is 9.88. The molecule has 0 aromatic heterocycles. The molecule has 0 aromatic rings. The van der Waals surface area contributed by atoms with E-state index in [0.29, 0.717) is 0 Å². The van der Waals surface area contributed by atoms with Gasteiger partial charge in [0.2, 0.25) is 0 Å². The van der Waals surface area contributed by atoms with E-state index < -0.39 is 53.5 Å². The number of nitrogens with two attached hydrogens (primary N) is 3. The normalized spacial score (nSPS) is 17.1. The molecular weight excluding hydrogens is 270 g/mol. The summed E-state index contributed by atoms with van der Waals surface area (Å²) in [5.74, 6) is -4.76. The first kappa shape index (κ1) is 18.2. The lowest BCUT2D eigenvalue weighted by Crippen LogP contribution is -2.55. The summed E-state index contributed by atoms with van der Waals surface area (Å²) < 4.78 is 0. The van der Waals surface area contributed by atoms with Gasteiger partial charge in [-0.3, -0.25) is 9.59 Å². The first-order valence-corrected chi connectivity index (χ1v) is 5.70. The summed E-state index contributed by atoms with van der Waals surface area (Å²) in [5, 5.41) is 17.5. The van der Waals surface area contributed by atoms with Gasteiger partial charge in [0.25, 0.3) is 0 Å². The molecule has 0 aliphatic carbocycles. The zero-order chi connectivity index (χ0) is 16.3. The maximum atomic E-state index is 11.6. The van der Waals surface area contributed by atoms with Gasteiger partial charge in [-0.2, -0.15) is 0 Å². The number of Topliss-reactive ketones (excluding diaryl/α,β-unsaturated/α-hetero) is 2. The van der Waals surface area contributed by atoms with E-state index in [0.717, 1.165) is 13.8 Å². The number of rotatable bonds is 8. The van der Waals surface area contributed by atoms with Crippen molar-refractivity contribution in [3.63, 3.8) is 0 Å². The second kappa shape index (κ2) is 6.07. The highest BCUT2D eigenvalue weighted by Crippen LogP contribution is 2.11. The average Bonchev–Trinajstić information content (AvgIpc) is 2.27. The minimum atomic E-state index is -2.11. The molecule has 9 nitrogen and oxygen atoms in total. The van der Waals surface area contributed by atoms with Gasteiger partial charge in [0.1, 0.15) is 0 Å². The number of ketones is 2. The first-order chi connectivity index (χ1) is 8.83. The number of carbonyl (C=O) groups excluding carboxylic acids is 2. The average molecular weight is 289 g/mol. The summed E-state index contributed by atoms with van der Waals surface area (Å²) in [6.45, 7) is 2.02. The topological polar surface area (TPSA) is 187 Å². The fourth-order valence-electron chi connectivity index (χ4n) is 1.21. The molecule has 20 heavy (non-hydrogen) atoms. The predicted molar refractivity (Wildman–Crippen MR) is 67.7 cm³/mol. The van der Waals surface area contributed by atoms with Crippen LogP contribution >= 0.6 is 0 Å². The van der Waals surface area contributed by atoms with E-state index in [4.69, 9.17) is 27.4 Å². The summed E-state index contributed by atoms with van der Waals surface area (Å²) in [6, 6.07) is -1.06. The third kappa shape index (κ3) is 4.08. The number of aliphatic carboxylic acids is 2. The maximum absolute atomic E-state index is 11.6. The van der Waals surface area contributed by atoms with Crippen molar-refractivity contribution >= 4 is 23.5 Å². The van der Waals surface area contributed by atoms with Crippen LogP contribution in [0.4, 0.5) is 0 Å². The van der Waals surface area contributed by atoms with Gasteiger partial charge in [0.15, 0.2) is 22.6 Å². The van der Waals surface area contributed by atoms with Crippen molar-refractivity contribution in [2.45, 2.75) is 43.8 Å². The monoisotopic (exact) mass is 289 g/mol.